The molecule has 3 fully saturated rings. The van der Waals surface area contributed by atoms with Crippen molar-refractivity contribution in [2.24, 2.45) is 5.41 Å². The molecule has 2 aromatic carbocycles. The second-order valence-electron chi connectivity index (χ2n) is 14.4. The molecular formula is C40H42Cl2F2N6O4. The molecule has 1 N–H and O–H groups in total. The fraction of sp³-hybridized carbons (Fsp3) is 0.400. The molecule has 3 aliphatic rings. The van der Waals surface area contributed by atoms with E-state index in [-0.39, 0.29) is 23.0 Å². The smallest absolute Gasteiger partial charge is 0.387 e. The number of pyridine rings is 2. The number of rotatable bonds is 11. The molecule has 0 bridgehead atoms. The molecule has 2 amide bonds. The largest absolute Gasteiger partial charge is 0.481 e. The minimum atomic E-state index is -3.01. The zero-order valence-corrected chi connectivity index (χ0v) is 31.9. The number of aromatic nitrogens is 2. The van der Waals surface area contributed by atoms with E-state index < -0.39 is 6.61 Å². The van der Waals surface area contributed by atoms with E-state index >= 15 is 0 Å². The second kappa shape index (κ2) is 15.8. The minimum Gasteiger partial charge on any atom is -0.481 e. The number of nitrogens with zero attached hydrogens (tertiary/aromatic N) is 5. The lowest BCUT2D eigenvalue weighted by Gasteiger charge is -2.60. The summed E-state index contributed by atoms with van der Waals surface area (Å²) in [7, 11) is 1.58. The Morgan fingerprint density at radius 3 is 2.28 bits per heavy atom. The summed E-state index contributed by atoms with van der Waals surface area (Å²) in [5, 5.41) is 4.31. The molecule has 0 radical (unpaired) electrons. The molecule has 3 aliphatic heterocycles. The average Bonchev–Trinajstić information content (AvgIpc) is 3.12. The van der Waals surface area contributed by atoms with Crippen molar-refractivity contribution in [3.05, 3.63) is 82.0 Å². The van der Waals surface area contributed by atoms with Gasteiger partial charge >= 0.3 is 6.61 Å². The number of carbonyl (C=O) groups is 2. The van der Waals surface area contributed by atoms with Crippen LogP contribution in [0.1, 0.15) is 37.8 Å². The number of benzene rings is 2. The number of alkyl halides is 2. The summed E-state index contributed by atoms with van der Waals surface area (Å²) in [5.41, 5.74) is 5.09. The molecule has 10 nitrogen and oxygen atoms in total. The maximum Gasteiger partial charge on any atom is 0.387 e. The van der Waals surface area contributed by atoms with Gasteiger partial charge in [0.1, 0.15) is 5.75 Å². The zero-order valence-electron chi connectivity index (χ0n) is 30.4. The standard InChI is InChI=1S/C40H42Cl2F2N6O4/c1-24(51)49-15-12-29(13-16-49)46-18-27-9-10-33(47-38(27)53-3)32-6-4-5-30(35(32)41)31-11-14-45-37(36(31)42)26-7-8-28(34(17-26)54-39(43)44)19-48-20-40(21-48)22-50(23-40)25(2)52/h4-11,14,17,29,39,46H,12-13,15-16,18-23H2,1-3H3. The number of halogens is 4. The molecule has 7 rings (SSSR count). The van der Waals surface area contributed by atoms with E-state index in [0.717, 1.165) is 57.7 Å². The van der Waals surface area contributed by atoms with Gasteiger partial charge in [0.25, 0.3) is 0 Å². The van der Waals surface area contributed by atoms with Gasteiger partial charge < -0.3 is 24.6 Å². The molecule has 3 saturated heterocycles. The highest BCUT2D eigenvalue weighted by Gasteiger charge is 2.52. The molecule has 0 aliphatic carbocycles. The van der Waals surface area contributed by atoms with Crippen LogP contribution in [0.3, 0.4) is 0 Å². The normalized spacial score (nSPS) is 17.0. The van der Waals surface area contributed by atoms with Crippen molar-refractivity contribution in [1.82, 2.24) is 30.0 Å². The van der Waals surface area contributed by atoms with E-state index in [4.69, 9.17) is 37.7 Å². The van der Waals surface area contributed by atoms with Gasteiger partial charge in [0.2, 0.25) is 17.7 Å². The third-order valence-corrected chi connectivity index (χ3v) is 11.5. The fourth-order valence-corrected chi connectivity index (χ4v) is 8.50. The molecule has 0 saturated carbocycles. The van der Waals surface area contributed by atoms with Crippen molar-refractivity contribution in [3.63, 3.8) is 0 Å². The second-order valence-corrected chi connectivity index (χ2v) is 15.2. The molecule has 1 spiro atoms. The third kappa shape index (κ3) is 7.89. The maximum atomic E-state index is 13.6. The Hall–Kier alpha value is -4.36. The zero-order chi connectivity index (χ0) is 38.1. The van der Waals surface area contributed by atoms with Crippen LogP contribution in [-0.4, -0.2) is 95.5 Å². The lowest BCUT2D eigenvalue weighted by atomic mass is 9.72. The van der Waals surface area contributed by atoms with Crippen LogP contribution in [0.15, 0.2) is 60.8 Å². The van der Waals surface area contributed by atoms with Crippen LogP contribution in [0.2, 0.25) is 10.0 Å². The molecule has 14 heteroatoms. The SMILES string of the molecule is COc1nc(-c2cccc(-c3ccnc(-c4ccc(CN5CC6(C5)CN(C(C)=O)C6)c(OC(F)F)c4)c3Cl)c2Cl)ccc1CNC1CCN(C(C)=O)CC1. The molecule has 0 unspecified atom stereocenters. The average molecular weight is 780 g/mol. The Labute approximate surface area is 323 Å². The summed E-state index contributed by atoms with van der Waals surface area (Å²) in [4.78, 5) is 38.5. The number of hydrogen-bond acceptors (Lipinski definition) is 8. The Balaban J connectivity index is 1.09. The van der Waals surface area contributed by atoms with Gasteiger partial charge in [-0.25, -0.2) is 4.98 Å². The van der Waals surface area contributed by atoms with Crippen LogP contribution >= 0.6 is 23.2 Å². The summed E-state index contributed by atoms with van der Waals surface area (Å²) in [5.74, 6) is 0.716. The van der Waals surface area contributed by atoms with Gasteiger partial charge in [-0.05, 0) is 31.0 Å². The Kier molecular flexibility index (Phi) is 11.1. The van der Waals surface area contributed by atoms with Gasteiger partial charge in [0, 0.05) is 117 Å². The molecule has 54 heavy (non-hydrogen) atoms. The van der Waals surface area contributed by atoms with E-state index in [2.05, 4.69) is 15.2 Å². The van der Waals surface area contributed by atoms with Crippen LogP contribution in [-0.2, 0) is 22.7 Å². The lowest BCUT2D eigenvalue weighted by Crippen LogP contribution is -2.72. The van der Waals surface area contributed by atoms with E-state index in [9.17, 15) is 18.4 Å². The van der Waals surface area contributed by atoms with Crippen LogP contribution < -0.4 is 14.8 Å². The highest BCUT2D eigenvalue weighted by Crippen LogP contribution is 2.44. The molecule has 2 aromatic heterocycles. The number of nitrogens with one attached hydrogen (secondary N) is 1. The van der Waals surface area contributed by atoms with Crippen LogP contribution in [0.25, 0.3) is 33.6 Å². The summed E-state index contributed by atoms with van der Waals surface area (Å²) in [6.07, 6.45) is 3.37. The van der Waals surface area contributed by atoms with Crippen LogP contribution in [0, 0.1) is 5.41 Å². The monoisotopic (exact) mass is 778 g/mol. The summed E-state index contributed by atoms with van der Waals surface area (Å²) < 4.78 is 37.9. The summed E-state index contributed by atoms with van der Waals surface area (Å²) in [6.45, 7) is 5.67. The predicted molar refractivity (Wildman–Crippen MR) is 204 cm³/mol. The van der Waals surface area contributed by atoms with Gasteiger partial charge in [-0.15, -0.1) is 0 Å². The first-order valence-corrected chi connectivity index (χ1v) is 18.7. The molecular weight excluding hydrogens is 737 g/mol. The number of likely N-dealkylation sites (tertiary alicyclic amines) is 3. The quantitative estimate of drug-likeness (QED) is 0.171. The van der Waals surface area contributed by atoms with Gasteiger partial charge in [0.15, 0.2) is 0 Å². The number of carbonyl (C=O) groups excluding carboxylic acids is 2. The first kappa shape index (κ1) is 37.9. The molecule has 284 valence electrons. The Morgan fingerprint density at radius 1 is 0.907 bits per heavy atom. The fourth-order valence-electron chi connectivity index (χ4n) is 7.85. The highest BCUT2D eigenvalue weighted by atomic mass is 35.5. The lowest BCUT2D eigenvalue weighted by molar-refractivity contribution is -0.157. The van der Waals surface area contributed by atoms with Crippen molar-refractivity contribution in [3.8, 4) is 45.3 Å². The minimum absolute atomic E-state index is 0.0581. The first-order valence-electron chi connectivity index (χ1n) is 18.0. The third-order valence-electron chi connectivity index (χ3n) is 10.7. The molecule has 4 aromatic rings. The summed E-state index contributed by atoms with van der Waals surface area (Å²) in [6, 6.07) is 16.7. The molecule has 5 heterocycles. The summed E-state index contributed by atoms with van der Waals surface area (Å²) >= 11 is 14.1. The number of hydrogen-bond donors (Lipinski definition) is 1. The number of methoxy groups -OCH3 is 1. The van der Waals surface area contributed by atoms with Crippen molar-refractivity contribution < 1.29 is 27.8 Å². The first-order chi connectivity index (χ1) is 25.9. The van der Waals surface area contributed by atoms with E-state index in [1.165, 1.54) is 0 Å². The van der Waals surface area contributed by atoms with E-state index in [0.29, 0.717) is 74.3 Å². The van der Waals surface area contributed by atoms with Gasteiger partial charge in [-0.1, -0.05) is 59.6 Å². The highest BCUT2D eigenvalue weighted by molar-refractivity contribution is 6.39. The molecule has 0 atom stereocenters. The maximum absolute atomic E-state index is 13.6. The van der Waals surface area contributed by atoms with Crippen molar-refractivity contribution >= 4 is 35.0 Å². The van der Waals surface area contributed by atoms with E-state index in [1.54, 1.807) is 45.4 Å². The number of piperidine rings is 1. The van der Waals surface area contributed by atoms with Crippen molar-refractivity contribution in [1.29, 1.82) is 0 Å². The Bertz CT molecular complexity index is 2050. The number of ether oxygens (including phenoxy) is 2. The number of amides is 2. The van der Waals surface area contributed by atoms with Crippen LogP contribution in [0.4, 0.5) is 8.78 Å². The Morgan fingerprint density at radius 2 is 1.59 bits per heavy atom. The van der Waals surface area contributed by atoms with Crippen molar-refractivity contribution in [2.75, 3.05) is 46.4 Å². The van der Waals surface area contributed by atoms with Crippen molar-refractivity contribution in [2.45, 2.75) is 52.4 Å². The predicted octanol–water partition coefficient (Wildman–Crippen LogP) is 7.16. The van der Waals surface area contributed by atoms with E-state index in [1.807, 2.05) is 46.2 Å². The van der Waals surface area contributed by atoms with Gasteiger partial charge in [-0.3, -0.25) is 19.5 Å². The topological polar surface area (TPSA) is 100 Å². The van der Waals surface area contributed by atoms with Gasteiger partial charge in [0.05, 0.1) is 28.5 Å². The van der Waals surface area contributed by atoms with Gasteiger partial charge in [-0.2, -0.15) is 8.78 Å². The van der Waals surface area contributed by atoms with Crippen LogP contribution in [0.5, 0.6) is 11.6 Å².